The fourth-order valence-electron chi connectivity index (χ4n) is 2.98. The molecule has 0 saturated heterocycles. The van der Waals surface area contributed by atoms with E-state index in [-0.39, 0.29) is 24.5 Å². The van der Waals surface area contributed by atoms with Crippen LogP contribution in [0.5, 0.6) is 0 Å². The van der Waals surface area contributed by atoms with Gasteiger partial charge in [-0.2, -0.15) is 0 Å². The van der Waals surface area contributed by atoms with Gasteiger partial charge in [0, 0.05) is 25.5 Å². The van der Waals surface area contributed by atoms with E-state index in [1.807, 2.05) is 48.5 Å². The maximum Gasteiger partial charge on any atom is 0.223 e. The van der Waals surface area contributed by atoms with Crippen LogP contribution in [0, 0.1) is 0 Å². The molecule has 0 aliphatic carbocycles. The fourth-order valence-corrected chi connectivity index (χ4v) is 4.00. The molecule has 1 amide bonds. The molecule has 1 aromatic heterocycles. The molecule has 0 N–H and O–H groups in total. The van der Waals surface area contributed by atoms with Crippen LogP contribution in [-0.4, -0.2) is 28.6 Å². The summed E-state index contributed by atoms with van der Waals surface area (Å²) in [5.41, 5.74) is 2.87. The highest BCUT2D eigenvalue weighted by atomic mass is 32.1. The maximum atomic E-state index is 12.4. The Bertz CT molecular complexity index is 898. The zero-order chi connectivity index (χ0) is 19.2. The maximum absolute atomic E-state index is 12.4. The minimum absolute atomic E-state index is 0.0137. The number of fused-ring (bicyclic) bond motifs is 1. The van der Waals surface area contributed by atoms with Crippen molar-refractivity contribution < 1.29 is 9.59 Å². The number of aromatic nitrogens is 1. The summed E-state index contributed by atoms with van der Waals surface area (Å²) < 4.78 is 1.12. The highest BCUT2D eigenvalue weighted by Crippen LogP contribution is 2.22. The van der Waals surface area contributed by atoms with Crippen LogP contribution >= 0.6 is 11.3 Å². The van der Waals surface area contributed by atoms with Crippen molar-refractivity contribution in [1.29, 1.82) is 0 Å². The number of carbonyl (C=O) groups excluding carboxylic acids is 2. The highest BCUT2D eigenvalue weighted by Gasteiger charge is 2.15. The molecule has 3 aromatic rings. The Morgan fingerprint density at radius 1 is 1.04 bits per heavy atom. The van der Waals surface area contributed by atoms with Crippen LogP contribution < -0.4 is 0 Å². The van der Waals surface area contributed by atoms with Crippen molar-refractivity contribution >= 4 is 33.2 Å². The van der Waals surface area contributed by atoms with E-state index in [4.69, 9.17) is 0 Å². The van der Waals surface area contributed by atoms with Gasteiger partial charge in [0.15, 0.2) is 5.78 Å². The van der Waals surface area contributed by atoms with Gasteiger partial charge in [0.25, 0.3) is 0 Å². The third kappa shape index (κ3) is 5.01. The first kappa shape index (κ1) is 19.2. The lowest BCUT2D eigenvalue weighted by Gasteiger charge is -2.15. The number of nitrogens with zero attached hydrogens (tertiary/aromatic N) is 2. The Morgan fingerprint density at radius 2 is 1.78 bits per heavy atom. The Kier molecular flexibility index (Phi) is 6.35. The van der Waals surface area contributed by atoms with Crippen LogP contribution in [0.3, 0.4) is 0 Å². The van der Waals surface area contributed by atoms with E-state index in [1.165, 1.54) is 5.56 Å². The SMILES string of the molecule is CCCc1ccc(C(=O)CCC(=O)N(C)Cc2nc3ccccc3s2)cc1. The van der Waals surface area contributed by atoms with Gasteiger partial charge in [0.05, 0.1) is 16.8 Å². The number of amides is 1. The molecule has 3 rings (SSSR count). The lowest BCUT2D eigenvalue weighted by atomic mass is 10.0. The van der Waals surface area contributed by atoms with E-state index in [1.54, 1.807) is 23.3 Å². The van der Waals surface area contributed by atoms with Crippen molar-refractivity contribution in [2.45, 2.75) is 39.2 Å². The van der Waals surface area contributed by atoms with Crippen molar-refractivity contribution in [3.05, 3.63) is 64.7 Å². The first-order valence-corrected chi connectivity index (χ1v) is 10.1. The molecule has 0 atom stereocenters. The minimum atomic E-state index is -0.0368. The lowest BCUT2D eigenvalue weighted by Crippen LogP contribution is -2.26. The number of rotatable bonds is 8. The topological polar surface area (TPSA) is 50.3 Å². The molecule has 0 radical (unpaired) electrons. The third-order valence-electron chi connectivity index (χ3n) is 4.52. The summed E-state index contributed by atoms with van der Waals surface area (Å²) in [6, 6.07) is 15.7. The van der Waals surface area contributed by atoms with Gasteiger partial charge in [0.2, 0.25) is 5.91 Å². The molecule has 1 heterocycles. The van der Waals surface area contributed by atoms with Gasteiger partial charge in [-0.15, -0.1) is 11.3 Å². The minimum Gasteiger partial charge on any atom is -0.339 e. The predicted molar refractivity (Wildman–Crippen MR) is 110 cm³/mol. The number of ketones is 1. The molecule has 0 fully saturated rings. The second kappa shape index (κ2) is 8.91. The first-order valence-electron chi connectivity index (χ1n) is 9.27. The Morgan fingerprint density at radius 3 is 2.48 bits per heavy atom. The molecule has 5 heteroatoms. The molecule has 4 nitrogen and oxygen atoms in total. The molecule has 0 unspecified atom stereocenters. The summed E-state index contributed by atoms with van der Waals surface area (Å²) in [5.74, 6) is -0.0232. The van der Waals surface area contributed by atoms with Gasteiger partial charge < -0.3 is 4.90 Å². The molecular formula is C22H24N2O2S. The molecule has 0 aliphatic heterocycles. The van der Waals surface area contributed by atoms with Gasteiger partial charge in [0.1, 0.15) is 5.01 Å². The van der Waals surface area contributed by atoms with Gasteiger partial charge >= 0.3 is 0 Å². The number of carbonyl (C=O) groups is 2. The number of hydrogen-bond donors (Lipinski definition) is 0. The van der Waals surface area contributed by atoms with Crippen molar-refractivity contribution in [2.75, 3.05) is 7.05 Å². The van der Waals surface area contributed by atoms with Crippen LogP contribution in [0.25, 0.3) is 10.2 Å². The van der Waals surface area contributed by atoms with E-state index in [0.717, 1.165) is 28.1 Å². The molecule has 0 saturated carbocycles. The zero-order valence-corrected chi connectivity index (χ0v) is 16.6. The van der Waals surface area contributed by atoms with E-state index < -0.39 is 0 Å². The third-order valence-corrected chi connectivity index (χ3v) is 5.54. The highest BCUT2D eigenvalue weighted by molar-refractivity contribution is 7.18. The number of benzene rings is 2. The van der Waals surface area contributed by atoms with Crippen LogP contribution in [-0.2, 0) is 17.8 Å². The normalized spacial score (nSPS) is 10.9. The second-order valence-electron chi connectivity index (χ2n) is 6.70. The van der Waals surface area contributed by atoms with Gasteiger partial charge in [-0.05, 0) is 24.1 Å². The smallest absolute Gasteiger partial charge is 0.223 e. The van der Waals surface area contributed by atoms with Crippen LogP contribution in [0.1, 0.15) is 47.1 Å². The summed E-state index contributed by atoms with van der Waals surface area (Å²) in [5, 5.41) is 0.907. The summed E-state index contributed by atoms with van der Waals surface area (Å²) in [7, 11) is 1.76. The van der Waals surface area contributed by atoms with Crippen LogP contribution in [0.2, 0.25) is 0 Å². The van der Waals surface area contributed by atoms with Crippen LogP contribution in [0.4, 0.5) is 0 Å². The summed E-state index contributed by atoms with van der Waals surface area (Å²) in [6.45, 7) is 2.60. The Labute approximate surface area is 163 Å². The largest absolute Gasteiger partial charge is 0.339 e. The predicted octanol–water partition coefficient (Wildman–Crippen LogP) is 4.87. The monoisotopic (exact) mass is 380 g/mol. The summed E-state index contributed by atoms with van der Waals surface area (Å²) in [6.07, 6.45) is 2.55. The van der Waals surface area contributed by atoms with E-state index in [0.29, 0.717) is 12.1 Å². The summed E-state index contributed by atoms with van der Waals surface area (Å²) in [4.78, 5) is 30.9. The standard InChI is InChI=1S/C22H24N2O2S/c1-3-6-16-9-11-17(12-10-16)19(25)13-14-22(26)24(2)15-21-23-18-7-4-5-8-20(18)27-21/h4-5,7-12H,3,6,13-15H2,1-2H3. The number of Topliss-reactive ketones (excluding diaryl/α,β-unsaturated/α-hetero) is 1. The molecule has 0 aliphatic rings. The van der Waals surface area contributed by atoms with Gasteiger partial charge in [-0.1, -0.05) is 49.7 Å². The Hall–Kier alpha value is -2.53. The molecule has 2 aromatic carbocycles. The van der Waals surface area contributed by atoms with Gasteiger partial charge in [-0.3, -0.25) is 9.59 Å². The molecule has 140 valence electrons. The summed E-state index contributed by atoms with van der Waals surface area (Å²) >= 11 is 1.60. The number of para-hydroxylation sites is 1. The molecule has 27 heavy (non-hydrogen) atoms. The number of thiazole rings is 1. The fraction of sp³-hybridized carbons (Fsp3) is 0.318. The molecular weight excluding hydrogens is 356 g/mol. The van der Waals surface area contributed by atoms with Gasteiger partial charge in [-0.25, -0.2) is 4.98 Å². The average molecular weight is 381 g/mol. The Balaban J connectivity index is 1.52. The van der Waals surface area contributed by atoms with Crippen molar-refractivity contribution in [2.24, 2.45) is 0 Å². The van der Waals surface area contributed by atoms with Crippen LogP contribution in [0.15, 0.2) is 48.5 Å². The van der Waals surface area contributed by atoms with Crippen molar-refractivity contribution in [3.63, 3.8) is 0 Å². The number of hydrogen-bond acceptors (Lipinski definition) is 4. The zero-order valence-electron chi connectivity index (χ0n) is 15.8. The van der Waals surface area contributed by atoms with E-state index in [9.17, 15) is 9.59 Å². The number of aryl methyl sites for hydroxylation is 1. The lowest BCUT2D eigenvalue weighted by molar-refractivity contribution is -0.130. The first-order chi connectivity index (χ1) is 13.1. The molecule has 0 bridgehead atoms. The van der Waals surface area contributed by atoms with Crippen molar-refractivity contribution in [1.82, 2.24) is 9.88 Å². The van der Waals surface area contributed by atoms with E-state index >= 15 is 0 Å². The van der Waals surface area contributed by atoms with Crippen molar-refractivity contribution in [3.8, 4) is 0 Å². The average Bonchev–Trinajstić information content (AvgIpc) is 3.08. The quantitative estimate of drug-likeness (QED) is 0.524. The van der Waals surface area contributed by atoms with E-state index in [2.05, 4.69) is 11.9 Å². The second-order valence-corrected chi connectivity index (χ2v) is 7.81. The molecule has 0 spiro atoms.